The number of nitrogens with zero attached hydrogens (tertiary/aromatic N) is 1. The predicted molar refractivity (Wildman–Crippen MR) is 79.6 cm³/mol. The summed E-state index contributed by atoms with van der Waals surface area (Å²) in [6.07, 6.45) is 6.58. The van der Waals surface area contributed by atoms with Crippen LogP contribution >= 0.6 is 0 Å². The van der Waals surface area contributed by atoms with Gasteiger partial charge in [-0.05, 0) is 50.0 Å². The molecule has 0 aromatic carbocycles. The number of pyridine rings is 1. The summed E-state index contributed by atoms with van der Waals surface area (Å²) in [5.74, 6) is 1.30. The molecule has 1 amide bonds. The van der Waals surface area contributed by atoms with Crippen LogP contribution in [0.4, 0.5) is 10.2 Å². The molecule has 4 unspecified atom stereocenters. The van der Waals surface area contributed by atoms with Crippen LogP contribution in [0.15, 0.2) is 12.3 Å². The van der Waals surface area contributed by atoms with Crippen molar-refractivity contribution in [2.45, 2.75) is 38.6 Å². The fourth-order valence-electron chi connectivity index (χ4n) is 4.09. The summed E-state index contributed by atoms with van der Waals surface area (Å²) in [7, 11) is 1.59. The van der Waals surface area contributed by atoms with E-state index in [2.05, 4.69) is 15.6 Å². The maximum absolute atomic E-state index is 14.1. The molecule has 1 aromatic rings. The van der Waals surface area contributed by atoms with E-state index in [0.29, 0.717) is 5.92 Å². The highest BCUT2D eigenvalue weighted by atomic mass is 19.1. The Morgan fingerprint density at radius 1 is 1.43 bits per heavy atom. The van der Waals surface area contributed by atoms with Crippen LogP contribution in [-0.2, 0) is 0 Å². The van der Waals surface area contributed by atoms with Crippen LogP contribution < -0.4 is 10.6 Å². The minimum Gasteiger partial charge on any atom is -0.371 e. The molecule has 5 heteroatoms. The molecule has 2 aliphatic rings. The molecule has 2 bridgehead atoms. The molecule has 1 heterocycles. The lowest BCUT2D eigenvalue weighted by atomic mass is 9.84. The third-order valence-corrected chi connectivity index (χ3v) is 5.16. The van der Waals surface area contributed by atoms with E-state index in [1.165, 1.54) is 37.9 Å². The molecule has 2 N–H and O–H groups in total. The van der Waals surface area contributed by atoms with Crippen molar-refractivity contribution in [1.29, 1.82) is 0 Å². The number of nitrogens with one attached hydrogen (secondary N) is 2. The van der Waals surface area contributed by atoms with Crippen LogP contribution in [0.2, 0.25) is 0 Å². The van der Waals surface area contributed by atoms with Crippen molar-refractivity contribution in [2.75, 3.05) is 12.4 Å². The second kappa shape index (κ2) is 5.62. The van der Waals surface area contributed by atoms with Gasteiger partial charge in [-0.15, -0.1) is 0 Å². The number of carbonyl (C=O) groups is 1. The average molecular weight is 291 g/mol. The lowest BCUT2D eigenvalue weighted by Gasteiger charge is -2.28. The molecule has 0 aliphatic heterocycles. The zero-order chi connectivity index (χ0) is 15.0. The first-order chi connectivity index (χ1) is 10.1. The van der Waals surface area contributed by atoms with E-state index in [1.54, 1.807) is 7.05 Å². The van der Waals surface area contributed by atoms with E-state index in [4.69, 9.17) is 0 Å². The molecule has 114 valence electrons. The zero-order valence-electron chi connectivity index (χ0n) is 12.5. The number of halogens is 1. The molecule has 4 nitrogen and oxygen atoms in total. The molecule has 4 atom stereocenters. The first-order valence-electron chi connectivity index (χ1n) is 7.73. The highest BCUT2D eigenvalue weighted by Gasteiger charge is 2.42. The van der Waals surface area contributed by atoms with Crippen LogP contribution in [0.5, 0.6) is 0 Å². The van der Waals surface area contributed by atoms with Gasteiger partial charge in [0, 0.05) is 19.3 Å². The van der Waals surface area contributed by atoms with Crippen LogP contribution in [-0.4, -0.2) is 24.0 Å². The van der Waals surface area contributed by atoms with Crippen molar-refractivity contribution in [3.63, 3.8) is 0 Å². The standard InChI is InChI=1S/C16H22FN3O/c1-9(13-8-10-3-4-11(13)7-10)20-16(21)12-5-6-19-15(18-2)14(12)17/h5-6,9-11,13H,3-4,7-8H2,1-2H3,(H,18,19)(H,20,21). The fourth-order valence-corrected chi connectivity index (χ4v) is 4.09. The summed E-state index contributed by atoms with van der Waals surface area (Å²) in [4.78, 5) is 16.2. The number of anilines is 1. The van der Waals surface area contributed by atoms with Gasteiger partial charge in [-0.25, -0.2) is 9.37 Å². The number of fused-ring (bicyclic) bond motifs is 2. The van der Waals surface area contributed by atoms with Crippen molar-refractivity contribution in [1.82, 2.24) is 10.3 Å². The Balaban J connectivity index is 1.69. The Morgan fingerprint density at radius 3 is 2.86 bits per heavy atom. The quantitative estimate of drug-likeness (QED) is 0.897. The van der Waals surface area contributed by atoms with E-state index < -0.39 is 5.82 Å². The van der Waals surface area contributed by atoms with Crippen LogP contribution in [0.25, 0.3) is 0 Å². The average Bonchev–Trinajstić information content (AvgIpc) is 3.10. The number of hydrogen-bond acceptors (Lipinski definition) is 3. The lowest BCUT2D eigenvalue weighted by molar-refractivity contribution is 0.0911. The lowest BCUT2D eigenvalue weighted by Crippen LogP contribution is -2.40. The molecule has 3 rings (SSSR count). The fraction of sp³-hybridized carbons (Fsp3) is 0.625. The number of hydrogen-bond donors (Lipinski definition) is 2. The van der Waals surface area contributed by atoms with Gasteiger partial charge in [0.15, 0.2) is 11.6 Å². The molecule has 2 fully saturated rings. The highest BCUT2D eigenvalue weighted by Crippen LogP contribution is 2.49. The first-order valence-corrected chi connectivity index (χ1v) is 7.73. The third kappa shape index (κ3) is 2.61. The Morgan fingerprint density at radius 2 is 2.24 bits per heavy atom. The van der Waals surface area contributed by atoms with Crippen LogP contribution in [0.1, 0.15) is 43.0 Å². The normalized spacial score (nSPS) is 28.4. The Labute approximate surface area is 124 Å². The van der Waals surface area contributed by atoms with Gasteiger partial charge in [0.2, 0.25) is 0 Å². The van der Waals surface area contributed by atoms with Gasteiger partial charge in [-0.2, -0.15) is 0 Å². The number of aromatic nitrogens is 1. The molecule has 0 radical (unpaired) electrons. The Hall–Kier alpha value is -1.65. The van der Waals surface area contributed by atoms with Crippen molar-refractivity contribution < 1.29 is 9.18 Å². The Kier molecular flexibility index (Phi) is 3.83. The monoisotopic (exact) mass is 291 g/mol. The topological polar surface area (TPSA) is 54.0 Å². The summed E-state index contributed by atoms with van der Waals surface area (Å²) in [5.41, 5.74) is 0.0596. The molecule has 1 aromatic heterocycles. The van der Waals surface area contributed by atoms with Crippen molar-refractivity contribution in [3.05, 3.63) is 23.6 Å². The third-order valence-electron chi connectivity index (χ3n) is 5.16. The van der Waals surface area contributed by atoms with E-state index in [-0.39, 0.29) is 23.3 Å². The van der Waals surface area contributed by atoms with E-state index in [1.807, 2.05) is 6.92 Å². The molecule has 0 spiro atoms. The summed E-state index contributed by atoms with van der Waals surface area (Å²) in [6.45, 7) is 2.04. The summed E-state index contributed by atoms with van der Waals surface area (Å²) < 4.78 is 14.1. The number of rotatable bonds is 4. The maximum atomic E-state index is 14.1. The number of carbonyl (C=O) groups excluding carboxylic acids is 1. The summed E-state index contributed by atoms with van der Waals surface area (Å²) >= 11 is 0. The van der Waals surface area contributed by atoms with Gasteiger partial charge in [0.1, 0.15) is 0 Å². The van der Waals surface area contributed by atoms with Crippen molar-refractivity contribution >= 4 is 11.7 Å². The SMILES string of the molecule is CNc1nccc(C(=O)NC(C)C2CC3CCC2C3)c1F. The van der Waals surface area contributed by atoms with E-state index in [0.717, 1.165) is 11.8 Å². The maximum Gasteiger partial charge on any atom is 0.254 e. The number of amides is 1. The van der Waals surface area contributed by atoms with Crippen LogP contribution in [0, 0.1) is 23.6 Å². The van der Waals surface area contributed by atoms with Gasteiger partial charge < -0.3 is 10.6 Å². The molecular formula is C16H22FN3O. The van der Waals surface area contributed by atoms with Crippen molar-refractivity contribution in [3.8, 4) is 0 Å². The zero-order valence-corrected chi connectivity index (χ0v) is 12.5. The minimum absolute atomic E-state index is 0.0596. The highest BCUT2D eigenvalue weighted by molar-refractivity contribution is 5.95. The summed E-state index contributed by atoms with van der Waals surface area (Å²) in [5, 5.41) is 5.64. The minimum atomic E-state index is -0.586. The molecular weight excluding hydrogens is 269 g/mol. The van der Waals surface area contributed by atoms with Gasteiger partial charge in [0.05, 0.1) is 5.56 Å². The van der Waals surface area contributed by atoms with Gasteiger partial charge in [-0.3, -0.25) is 4.79 Å². The smallest absolute Gasteiger partial charge is 0.254 e. The van der Waals surface area contributed by atoms with Crippen LogP contribution in [0.3, 0.4) is 0 Å². The second-order valence-corrected chi connectivity index (χ2v) is 6.37. The predicted octanol–water partition coefficient (Wildman–Crippen LogP) is 2.82. The largest absolute Gasteiger partial charge is 0.371 e. The second-order valence-electron chi connectivity index (χ2n) is 6.37. The van der Waals surface area contributed by atoms with Crippen molar-refractivity contribution in [2.24, 2.45) is 17.8 Å². The molecule has 21 heavy (non-hydrogen) atoms. The van der Waals surface area contributed by atoms with Gasteiger partial charge >= 0.3 is 0 Å². The Bertz CT molecular complexity index is 548. The van der Waals surface area contributed by atoms with Gasteiger partial charge in [-0.1, -0.05) is 6.42 Å². The molecule has 0 saturated heterocycles. The molecule has 2 aliphatic carbocycles. The molecule has 2 saturated carbocycles. The van der Waals surface area contributed by atoms with E-state index >= 15 is 0 Å². The van der Waals surface area contributed by atoms with E-state index in [9.17, 15) is 9.18 Å². The van der Waals surface area contributed by atoms with Gasteiger partial charge in [0.25, 0.3) is 5.91 Å². The first kappa shape index (κ1) is 14.3. The summed E-state index contributed by atoms with van der Waals surface area (Å²) in [6, 6.07) is 1.53.